The number of nitrogens with zero attached hydrogens (tertiary/aromatic N) is 2. The van der Waals surface area contributed by atoms with Gasteiger partial charge in [0.05, 0.1) is 12.5 Å². The van der Waals surface area contributed by atoms with Gasteiger partial charge in [0.1, 0.15) is 0 Å². The van der Waals surface area contributed by atoms with Gasteiger partial charge in [0.25, 0.3) is 0 Å². The number of rotatable bonds is 4. The van der Waals surface area contributed by atoms with E-state index in [4.69, 9.17) is 15.0 Å². The van der Waals surface area contributed by atoms with Gasteiger partial charge in [0, 0.05) is 23.1 Å². The van der Waals surface area contributed by atoms with Gasteiger partial charge in [0.2, 0.25) is 11.7 Å². The summed E-state index contributed by atoms with van der Waals surface area (Å²) >= 11 is 1.81. The van der Waals surface area contributed by atoms with Gasteiger partial charge in [-0.3, -0.25) is 0 Å². The highest BCUT2D eigenvalue weighted by Gasteiger charge is 2.29. The normalized spacial score (nSPS) is 22.4. The number of thioether (sulfide) groups is 1. The number of ether oxygens (including phenoxy) is 1. The zero-order valence-corrected chi connectivity index (χ0v) is 12.8. The highest BCUT2D eigenvalue weighted by atomic mass is 32.2. The largest absolute Gasteiger partial charge is 0.381 e. The number of nitrogens with two attached hydrogens (primary N) is 1. The summed E-state index contributed by atoms with van der Waals surface area (Å²) in [4.78, 5) is 5.73. The molecule has 0 amide bonds. The predicted molar refractivity (Wildman–Crippen MR) is 82.3 cm³/mol. The first-order chi connectivity index (χ1) is 10.3. The smallest absolute Gasteiger partial charge is 0.233 e. The summed E-state index contributed by atoms with van der Waals surface area (Å²) in [6, 6.07) is 8.22. The molecule has 112 valence electrons. The van der Waals surface area contributed by atoms with E-state index in [0.29, 0.717) is 24.9 Å². The number of benzene rings is 1. The number of aromatic nitrogens is 2. The Labute approximate surface area is 128 Å². The molecule has 3 rings (SSSR count). The molecule has 2 heterocycles. The molecule has 1 aliphatic rings. The zero-order valence-electron chi connectivity index (χ0n) is 12.0. The van der Waals surface area contributed by atoms with Gasteiger partial charge in [-0.1, -0.05) is 12.1 Å². The van der Waals surface area contributed by atoms with Crippen LogP contribution in [0.2, 0.25) is 0 Å². The van der Waals surface area contributed by atoms with Crippen LogP contribution >= 0.6 is 11.8 Å². The van der Waals surface area contributed by atoms with Crippen LogP contribution in [0.25, 0.3) is 11.4 Å². The van der Waals surface area contributed by atoms with E-state index >= 15 is 0 Å². The van der Waals surface area contributed by atoms with Crippen LogP contribution in [0, 0.1) is 0 Å². The number of hydrogen-bond acceptors (Lipinski definition) is 6. The van der Waals surface area contributed by atoms with Crippen molar-refractivity contribution in [2.24, 2.45) is 5.73 Å². The van der Waals surface area contributed by atoms with E-state index in [1.807, 2.05) is 23.9 Å². The summed E-state index contributed by atoms with van der Waals surface area (Å²) in [5, 5.41) is 4.07. The second kappa shape index (κ2) is 6.60. The Kier molecular flexibility index (Phi) is 4.57. The first-order valence-corrected chi connectivity index (χ1v) is 8.16. The van der Waals surface area contributed by atoms with E-state index in [1.165, 1.54) is 4.90 Å². The lowest BCUT2D eigenvalue weighted by Crippen LogP contribution is -2.37. The molecule has 0 aliphatic carbocycles. The first kappa shape index (κ1) is 14.6. The lowest BCUT2D eigenvalue weighted by molar-refractivity contribution is 0.0590. The van der Waals surface area contributed by atoms with Crippen molar-refractivity contribution in [2.75, 3.05) is 19.0 Å². The Morgan fingerprint density at radius 1 is 1.33 bits per heavy atom. The molecule has 21 heavy (non-hydrogen) atoms. The van der Waals surface area contributed by atoms with E-state index in [0.717, 1.165) is 17.7 Å². The molecule has 1 aliphatic heterocycles. The van der Waals surface area contributed by atoms with Crippen LogP contribution in [0.4, 0.5) is 0 Å². The third-order valence-corrected chi connectivity index (χ3v) is 4.49. The van der Waals surface area contributed by atoms with Crippen LogP contribution in [-0.2, 0) is 4.74 Å². The molecule has 0 saturated carbocycles. The molecule has 1 fully saturated rings. The third kappa shape index (κ3) is 3.28. The van der Waals surface area contributed by atoms with Crippen LogP contribution in [0.3, 0.4) is 0 Å². The Bertz CT molecular complexity index is 585. The fraction of sp³-hybridized carbons (Fsp3) is 0.467. The Hall–Kier alpha value is -1.37. The van der Waals surface area contributed by atoms with Crippen molar-refractivity contribution in [3.8, 4) is 11.4 Å². The fourth-order valence-electron chi connectivity index (χ4n) is 2.38. The molecule has 2 atom stereocenters. The van der Waals surface area contributed by atoms with Crippen molar-refractivity contribution in [1.82, 2.24) is 10.1 Å². The minimum absolute atomic E-state index is 0.00470. The van der Waals surface area contributed by atoms with Gasteiger partial charge in [-0.2, -0.15) is 4.98 Å². The highest BCUT2D eigenvalue weighted by molar-refractivity contribution is 7.99. The minimum Gasteiger partial charge on any atom is -0.381 e. The van der Waals surface area contributed by atoms with Gasteiger partial charge in [-0.15, -0.1) is 11.8 Å². The van der Waals surface area contributed by atoms with E-state index in [2.05, 4.69) is 29.2 Å². The SMILES string of the molecule is CCSc1ccc(-c2noc(C3COCCC3N)n2)cc1. The lowest BCUT2D eigenvalue weighted by atomic mass is 9.97. The molecule has 1 aromatic carbocycles. The summed E-state index contributed by atoms with van der Waals surface area (Å²) in [7, 11) is 0. The average molecular weight is 305 g/mol. The monoisotopic (exact) mass is 305 g/mol. The van der Waals surface area contributed by atoms with Gasteiger partial charge in [-0.25, -0.2) is 0 Å². The molecule has 0 spiro atoms. The molecule has 0 radical (unpaired) electrons. The van der Waals surface area contributed by atoms with Crippen LogP contribution in [0.1, 0.15) is 25.2 Å². The van der Waals surface area contributed by atoms with Gasteiger partial charge in [0.15, 0.2) is 0 Å². The summed E-state index contributed by atoms with van der Waals surface area (Å²) < 4.78 is 10.8. The topological polar surface area (TPSA) is 74.2 Å². The summed E-state index contributed by atoms with van der Waals surface area (Å²) in [6.07, 6.45) is 0.825. The van der Waals surface area contributed by atoms with Crippen LogP contribution in [0.5, 0.6) is 0 Å². The maximum atomic E-state index is 6.10. The quantitative estimate of drug-likeness (QED) is 0.875. The Morgan fingerprint density at radius 2 is 2.14 bits per heavy atom. The zero-order chi connectivity index (χ0) is 14.7. The summed E-state index contributed by atoms with van der Waals surface area (Å²) in [6.45, 7) is 3.39. The molecule has 1 aromatic heterocycles. The molecular weight excluding hydrogens is 286 g/mol. The first-order valence-electron chi connectivity index (χ1n) is 7.18. The molecule has 5 nitrogen and oxygen atoms in total. The fourth-order valence-corrected chi connectivity index (χ4v) is 3.04. The maximum absolute atomic E-state index is 6.10. The van der Waals surface area contributed by atoms with E-state index in [-0.39, 0.29) is 12.0 Å². The standard InChI is InChI=1S/C15H19N3O2S/c1-2-21-11-5-3-10(4-6-11)14-17-15(20-18-14)12-9-19-8-7-13(12)16/h3-6,12-13H,2,7-9,16H2,1H3. The van der Waals surface area contributed by atoms with Crippen molar-refractivity contribution in [2.45, 2.75) is 30.2 Å². The van der Waals surface area contributed by atoms with Crippen molar-refractivity contribution in [1.29, 1.82) is 0 Å². The average Bonchev–Trinajstić information content (AvgIpc) is 2.98. The third-order valence-electron chi connectivity index (χ3n) is 3.59. The molecule has 2 N–H and O–H groups in total. The maximum Gasteiger partial charge on any atom is 0.233 e. The highest BCUT2D eigenvalue weighted by Crippen LogP contribution is 2.27. The van der Waals surface area contributed by atoms with Crippen molar-refractivity contribution >= 4 is 11.8 Å². The number of hydrogen-bond donors (Lipinski definition) is 1. The van der Waals surface area contributed by atoms with Gasteiger partial charge >= 0.3 is 0 Å². The lowest BCUT2D eigenvalue weighted by Gasteiger charge is -2.25. The van der Waals surface area contributed by atoms with E-state index in [9.17, 15) is 0 Å². The summed E-state index contributed by atoms with van der Waals surface area (Å²) in [5.74, 6) is 2.24. The second-order valence-corrected chi connectivity index (χ2v) is 6.38. The second-order valence-electron chi connectivity index (χ2n) is 5.05. The van der Waals surface area contributed by atoms with Crippen LogP contribution < -0.4 is 5.73 Å². The molecule has 6 heteroatoms. The Balaban J connectivity index is 1.77. The molecule has 1 saturated heterocycles. The molecule has 2 unspecified atom stereocenters. The molecule has 2 aromatic rings. The van der Waals surface area contributed by atoms with Gasteiger partial charge in [-0.05, 0) is 36.4 Å². The van der Waals surface area contributed by atoms with E-state index in [1.54, 1.807) is 0 Å². The summed E-state index contributed by atoms with van der Waals surface area (Å²) in [5.41, 5.74) is 7.06. The Morgan fingerprint density at radius 3 is 2.86 bits per heavy atom. The predicted octanol–water partition coefficient (Wildman–Crippen LogP) is 2.68. The molecular formula is C15H19N3O2S. The van der Waals surface area contributed by atoms with Crippen molar-refractivity contribution < 1.29 is 9.26 Å². The van der Waals surface area contributed by atoms with Gasteiger partial charge < -0.3 is 15.0 Å². The minimum atomic E-state index is -0.00470. The van der Waals surface area contributed by atoms with E-state index < -0.39 is 0 Å². The van der Waals surface area contributed by atoms with Crippen LogP contribution in [-0.4, -0.2) is 35.1 Å². The molecule has 0 bridgehead atoms. The van der Waals surface area contributed by atoms with Crippen LogP contribution in [0.15, 0.2) is 33.7 Å². The van der Waals surface area contributed by atoms with Crippen molar-refractivity contribution in [3.63, 3.8) is 0 Å². The van der Waals surface area contributed by atoms with Crippen molar-refractivity contribution in [3.05, 3.63) is 30.2 Å².